The molecule has 1 heteroatoms. The van der Waals surface area contributed by atoms with E-state index in [0.29, 0.717) is 6.04 Å². The van der Waals surface area contributed by atoms with Gasteiger partial charge < -0.3 is 5.32 Å². The molecule has 0 saturated heterocycles. The topological polar surface area (TPSA) is 12.0 Å². The average Bonchev–Trinajstić information content (AvgIpc) is 2.15. The van der Waals surface area contributed by atoms with Crippen molar-refractivity contribution in [1.29, 1.82) is 0 Å². The number of allylic oxidation sites excluding steroid dienone is 1. The van der Waals surface area contributed by atoms with E-state index in [1.54, 1.807) is 5.57 Å². The molecular formula is C12H21N. The lowest BCUT2D eigenvalue weighted by atomic mass is 9.92. The number of hydrogen-bond acceptors (Lipinski definition) is 1. The Morgan fingerprint density at radius 3 is 2.85 bits per heavy atom. The quantitative estimate of drug-likeness (QED) is 0.654. The summed E-state index contributed by atoms with van der Waals surface area (Å²) in [6, 6.07) is 0.476. The summed E-state index contributed by atoms with van der Waals surface area (Å²) in [5.41, 5.74) is 2.86. The van der Waals surface area contributed by atoms with Crippen molar-refractivity contribution in [3.8, 4) is 0 Å². The van der Waals surface area contributed by atoms with Gasteiger partial charge in [-0.05, 0) is 46.1 Å². The van der Waals surface area contributed by atoms with E-state index in [2.05, 4.69) is 24.9 Å². The Hall–Kier alpha value is -0.560. The molecule has 0 aromatic carbocycles. The van der Waals surface area contributed by atoms with Crippen LogP contribution in [-0.4, -0.2) is 13.1 Å². The zero-order chi connectivity index (χ0) is 9.68. The van der Waals surface area contributed by atoms with Crippen molar-refractivity contribution in [3.63, 3.8) is 0 Å². The second-order valence-electron chi connectivity index (χ2n) is 4.00. The van der Waals surface area contributed by atoms with E-state index in [0.717, 1.165) is 6.42 Å². The van der Waals surface area contributed by atoms with Gasteiger partial charge in [-0.1, -0.05) is 23.8 Å². The molecule has 0 aromatic heterocycles. The minimum atomic E-state index is 0.476. The first-order valence-electron chi connectivity index (χ1n) is 5.24. The third kappa shape index (κ3) is 3.35. The van der Waals surface area contributed by atoms with E-state index in [4.69, 9.17) is 0 Å². The first-order valence-corrected chi connectivity index (χ1v) is 5.24. The van der Waals surface area contributed by atoms with Gasteiger partial charge in [0, 0.05) is 6.04 Å². The van der Waals surface area contributed by atoms with Crippen molar-refractivity contribution in [3.05, 3.63) is 23.8 Å². The van der Waals surface area contributed by atoms with Crippen LogP contribution in [-0.2, 0) is 0 Å². The molecule has 1 atom stereocenters. The number of rotatable bonds is 4. The van der Waals surface area contributed by atoms with Crippen LogP contribution in [0.2, 0.25) is 0 Å². The van der Waals surface area contributed by atoms with Gasteiger partial charge in [0.1, 0.15) is 0 Å². The summed E-state index contributed by atoms with van der Waals surface area (Å²) in [4.78, 5) is 0. The molecule has 0 fully saturated rings. The van der Waals surface area contributed by atoms with Crippen molar-refractivity contribution in [1.82, 2.24) is 5.32 Å². The predicted molar refractivity (Wildman–Crippen MR) is 58.8 cm³/mol. The van der Waals surface area contributed by atoms with Crippen molar-refractivity contribution >= 4 is 0 Å². The van der Waals surface area contributed by atoms with Crippen LogP contribution in [0.15, 0.2) is 23.8 Å². The van der Waals surface area contributed by atoms with E-state index in [-0.39, 0.29) is 0 Å². The van der Waals surface area contributed by atoms with Crippen LogP contribution in [0.25, 0.3) is 0 Å². The molecule has 0 radical (unpaired) electrons. The molecular weight excluding hydrogens is 158 g/mol. The highest BCUT2D eigenvalue weighted by atomic mass is 14.9. The van der Waals surface area contributed by atoms with Gasteiger partial charge in [-0.3, -0.25) is 0 Å². The summed E-state index contributed by atoms with van der Waals surface area (Å²) in [7, 11) is 2.02. The Morgan fingerprint density at radius 2 is 2.38 bits per heavy atom. The molecule has 0 saturated carbocycles. The first kappa shape index (κ1) is 10.5. The fourth-order valence-electron chi connectivity index (χ4n) is 1.87. The number of nitrogens with one attached hydrogen (secondary N) is 1. The molecule has 1 rings (SSSR count). The van der Waals surface area contributed by atoms with Gasteiger partial charge in [0.2, 0.25) is 0 Å². The second-order valence-corrected chi connectivity index (χ2v) is 4.00. The van der Waals surface area contributed by atoms with Gasteiger partial charge in [-0.25, -0.2) is 0 Å². The summed E-state index contributed by atoms with van der Waals surface area (Å²) in [5.74, 6) is 0. The van der Waals surface area contributed by atoms with E-state index in [1.165, 1.54) is 31.3 Å². The van der Waals surface area contributed by atoms with Gasteiger partial charge in [-0.15, -0.1) is 0 Å². The molecule has 1 aliphatic carbocycles. The van der Waals surface area contributed by atoms with Gasteiger partial charge in [0.05, 0.1) is 0 Å². The van der Waals surface area contributed by atoms with Crippen LogP contribution >= 0.6 is 0 Å². The highest BCUT2D eigenvalue weighted by molar-refractivity contribution is 5.13. The number of likely N-dealkylation sites (N-methyl/N-ethyl adjacent to an activating group) is 1. The third-order valence-corrected chi connectivity index (χ3v) is 2.79. The van der Waals surface area contributed by atoms with E-state index >= 15 is 0 Å². The van der Waals surface area contributed by atoms with E-state index in [9.17, 15) is 0 Å². The summed E-state index contributed by atoms with van der Waals surface area (Å²) >= 11 is 0. The van der Waals surface area contributed by atoms with Crippen LogP contribution in [0, 0.1) is 0 Å². The maximum atomic E-state index is 4.00. The van der Waals surface area contributed by atoms with Gasteiger partial charge >= 0.3 is 0 Å². The smallest absolute Gasteiger partial charge is 0.0308 e. The van der Waals surface area contributed by atoms with E-state index in [1.807, 2.05) is 7.05 Å². The van der Waals surface area contributed by atoms with Gasteiger partial charge in [0.25, 0.3) is 0 Å². The molecule has 1 N–H and O–H groups in total. The van der Waals surface area contributed by atoms with Crippen molar-refractivity contribution in [2.45, 2.75) is 45.1 Å². The lowest BCUT2D eigenvalue weighted by molar-refractivity contribution is 0.590. The fraction of sp³-hybridized carbons (Fsp3) is 0.667. The van der Waals surface area contributed by atoms with Crippen LogP contribution in [0.4, 0.5) is 0 Å². The Kier molecular flexibility index (Phi) is 4.23. The summed E-state index contributed by atoms with van der Waals surface area (Å²) in [5, 5.41) is 3.31. The molecule has 0 spiro atoms. The monoisotopic (exact) mass is 179 g/mol. The fourth-order valence-corrected chi connectivity index (χ4v) is 1.87. The number of hydrogen-bond donors (Lipinski definition) is 1. The minimum absolute atomic E-state index is 0.476. The zero-order valence-corrected chi connectivity index (χ0v) is 8.90. The molecule has 0 heterocycles. The second kappa shape index (κ2) is 5.23. The first-order chi connectivity index (χ1) is 6.24. The molecule has 74 valence electrons. The Morgan fingerprint density at radius 1 is 1.62 bits per heavy atom. The standard InChI is InChI=1S/C12H21N/c1-10(2)12(13-3)9-11-7-5-4-6-8-11/h7,12-13H,1,4-6,8-9H2,2-3H3. The van der Waals surface area contributed by atoms with Crippen LogP contribution in [0.5, 0.6) is 0 Å². The van der Waals surface area contributed by atoms with Crippen molar-refractivity contribution in [2.24, 2.45) is 0 Å². The summed E-state index contributed by atoms with van der Waals surface area (Å²) in [6.07, 6.45) is 8.90. The molecule has 0 aromatic rings. The summed E-state index contributed by atoms with van der Waals surface area (Å²) < 4.78 is 0. The Bertz CT molecular complexity index is 203. The summed E-state index contributed by atoms with van der Waals surface area (Å²) in [6.45, 7) is 6.10. The Balaban J connectivity index is 2.45. The molecule has 1 nitrogen and oxygen atoms in total. The molecule has 0 bridgehead atoms. The maximum absolute atomic E-state index is 4.00. The van der Waals surface area contributed by atoms with Crippen molar-refractivity contribution in [2.75, 3.05) is 7.05 Å². The molecule has 0 aliphatic heterocycles. The molecule has 13 heavy (non-hydrogen) atoms. The minimum Gasteiger partial charge on any atom is -0.313 e. The Labute approximate surface area is 81.9 Å². The van der Waals surface area contributed by atoms with Crippen molar-refractivity contribution < 1.29 is 0 Å². The average molecular weight is 179 g/mol. The molecule has 1 unspecified atom stereocenters. The van der Waals surface area contributed by atoms with E-state index < -0.39 is 0 Å². The molecule has 1 aliphatic rings. The van der Waals surface area contributed by atoms with Crippen LogP contribution in [0.1, 0.15) is 39.0 Å². The highest BCUT2D eigenvalue weighted by Crippen LogP contribution is 2.22. The normalized spacial score (nSPS) is 19.4. The SMILES string of the molecule is C=C(C)C(CC1=CCCCC1)NC. The van der Waals surface area contributed by atoms with Gasteiger partial charge in [-0.2, -0.15) is 0 Å². The highest BCUT2D eigenvalue weighted by Gasteiger charge is 2.11. The largest absolute Gasteiger partial charge is 0.313 e. The molecule has 0 amide bonds. The lowest BCUT2D eigenvalue weighted by Gasteiger charge is -2.20. The third-order valence-electron chi connectivity index (χ3n) is 2.79. The zero-order valence-electron chi connectivity index (χ0n) is 8.90. The van der Waals surface area contributed by atoms with Crippen LogP contribution in [0.3, 0.4) is 0 Å². The predicted octanol–water partition coefficient (Wildman–Crippen LogP) is 3.04. The lowest BCUT2D eigenvalue weighted by Crippen LogP contribution is -2.26. The maximum Gasteiger partial charge on any atom is 0.0308 e. The van der Waals surface area contributed by atoms with Crippen LogP contribution < -0.4 is 5.32 Å². The van der Waals surface area contributed by atoms with Gasteiger partial charge in [0.15, 0.2) is 0 Å².